The van der Waals surface area contributed by atoms with Gasteiger partial charge in [0.15, 0.2) is 5.52 Å². The molecule has 33 heavy (non-hydrogen) atoms. The molecular weight excluding hydrogens is 446 g/mol. The van der Waals surface area contributed by atoms with Crippen LogP contribution in [0.2, 0.25) is 0 Å². The van der Waals surface area contributed by atoms with Gasteiger partial charge in [-0.2, -0.15) is 12.7 Å². The lowest BCUT2D eigenvalue weighted by molar-refractivity contribution is -0.0256. The highest BCUT2D eigenvalue weighted by Crippen LogP contribution is 2.29. The minimum absolute atomic E-state index is 0.107. The van der Waals surface area contributed by atoms with E-state index in [2.05, 4.69) is 19.7 Å². The number of hydrogen-bond acceptors (Lipinski definition) is 8. The van der Waals surface area contributed by atoms with Crippen molar-refractivity contribution in [2.24, 2.45) is 0 Å². The van der Waals surface area contributed by atoms with Crippen molar-refractivity contribution in [3.05, 3.63) is 48.3 Å². The van der Waals surface area contributed by atoms with Crippen LogP contribution in [0.5, 0.6) is 5.88 Å². The highest BCUT2D eigenvalue weighted by molar-refractivity contribution is 7.87. The summed E-state index contributed by atoms with van der Waals surface area (Å²) in [6, 6.07) is 9.29. The number of aromatic nitrogens is 3. The first-order chi connectivity index (χ1) is 15.7. The number of hydrogen-bond donors (Lipinski definition) is 2. The van der Waals surface area contributed by atoms with Crippen LogP contribution < -0.4 is 9.46 Å². The first-order valence-electron chi connectivity index (χ1n) is 10.6. The van der Waals surface area contributed by atoms with E-state index >= 15 is 0 Å². The molecule has 1 aliphatic heterocycles. The molecule has 3 aromatic rings. The number of nitrogens with one attached hydrogen (secondary N) is 1. The van der Waals surface area contributed by atoms with Crippen molar-refractivity contribution in [1.29, 1.82) is 0 Å². The van der Waals surface area contributed by atoms with Crippen molar-refractivity contribution < 1.29 is 23.0 Å². The van der Waals surface area contributed by atoms with Gasteiger partial charge in [0.2, 0.25) is 5.88 Å². The van der Waals surface area contributed by atoms with Gasteiger partial charge in [0.1, 0.15) is 12.7 Å². The number of nitrogens with zero attached hydrogens (tertiary/aromatic N) is 4. The maximum atomic E-state index is 12.1. The minimum atomic E-state index is -3.54. The van der Waals surface area contributed by atoms with Crippen molar-refractivity contribution in [2.45, 2.75) is 25.6 Å². The summed E-state index contributed by atoms with van der Waals surface area (Å²) < 4.78 is 39.5. The third kappa shape index (κ3) is 5.28. The van der Waals surface area contributed by atoms with Gasteiger partial charge in [-0.25, -0.2) is 14.7 Å². The molecule has 0 spiro atoms. The molecular formula is C22H27N5O5S. The smallest absolute Gasteiger partial charge is 0.279 e. The van der Waals surface area contributed by atoms with Gasteiger partial charge in [-0.1, -0.05) is 24.3 Å². The Morgan fingerprint density at radius 3 is 2.67 bits per heavy atom. The van der Waals surface area contributed by atoms with Crippen LogP contribution in [-0.2, 0) is 20.5 Å². The van der Waals surface area contributed by atoms with E-state index < -0.39 is 21.9 Å². The molecule has 1 aromatic carbocycles. The molecule has 1 fully saturated rings. The van der Waals surface area contributed by atoms with Gasteiger partial charge in [0, 0.05) is 38.1 Å². The van der Waals surface area contributed by atoms with Gasteiger partial charge in [-0.05, 0) is 25.5 Å². The Morgan fingerprint density at radius 2 is 1.97 bits per heavy atom. The lowest BCUT2D eigenvalue weighted by atomic mass is 9.96. The quantitative estimate of drug-likeness (QED) is 0.528. The fourth-order valence-corrected chi connectivity index (χ4v) is 4.49. The summed E-state index contributed by atoms with van der Waals surface area (Å²) in [5, 5.41) is 10.2. The molecule has 2 N–H and O–H groups in total. The van der Waals surface area contributed by atoms with Crippen molar-refractivity contribution in [1.82, 2.24) is 24.0 Å². The lowest BCUT2D eigenvalue weighted by Gasteiger charge is -2.31. The molecule has 11 heteroatoms. The van der Waals surface area contributed by atoms with Crippen molar-refractivity contribution in [3.63, 3.8) is 0 Å². The molecule has 176 valence electrons. The Bertz CT molecular complexity index is 1230. The molecule has 1 aliphatic rings. The molecule has 1 atom stereocenters. The second-order valence-corrected chi connectivity index (χ2v) is 10.1. The van der Waals surface area contributed by atoms with Crippen LogP contribution in [0.4, 0.5) is 0 Å². The number of morpholine rings is 1. The van der Waals surface area contributed by atoms with E-state index in [-0.39, 0.29) is 26.3 Å². The Balaban J connectivity index is 1.59. The van der Waals surface area contributed by atoms with Crippen LogP contribution in [0.25, 0.3) is 22.3 Å². The third-order valence-corrected chi connectivity index (χ3v) is 6.94. The van der Waals surface area contributed by atoms with Gasteiger partial charge in [-0.3, -0.25) is 4.98 Å². The average Bonchev–Trinajstić information content (AvgIpc) is 2.82. The van der Waals surface area contributed by atoms with Crippen molar-refractivity contribution >= 4 is 21.2 Å². The molecule has 0 aliphatic carbocycles. The SMILES string of the molecule is CNS(=O)(=O)N1CCO[C@H](COc2nc(-c3ccc(C(C)(C)O)cc3)cc3nccnc23)C1. The van der Waals surface area contributed by atoms with Crippen LogP contribution in [-0.4, -0.2) is 72.2 Å². The van der Waals surface area contributed by atoms with Crippen LogP contribution in [0.1, 0.15) is 19.4 Å². The summed E-state index contributed by atoms with van der Waals surface area (Å²) in [7, 11) is -2.16. The van der Waals surface area contributed by atoms with Gasteiger partial charge >= 0.3 is 0 Å². The number of aliphatic hydroxyl groups is 1. The normalized spacial score (nSPS) is 17.9. The maximum absolute atomic E-state index is 12.1. The highest BCUT2D eigenvalue weighted by Gasteiger charge is 2.29. The summed E-state index contributed by atoms with van der Waals surface area (Å²) in [6.07, 6.45) is 2.70. The van der Waals surface area contributed by atoms with E-state index in [1.54, 1.807) is 26.2 Å². The molecule has 0 bridgehead atoms. The standard InChI is InChI=1S/C22H27N5O5S/c1-22(2,28)16-6-4-15(5-7-16)18-12-19-20(25-9-8-24-19)21(26-18)32-14-17-13-27(10-11-31-17)33(29,30)23-3/h4-9,12,17,23,28H,10-11,13-14H2,1-3H3/t17-/m0/s1. The van der Waals surface area contributed by atoms with Gasteiger partial charge in [0.25, 0.3) is 10.2 Å². The zero-order valence-electron chi connectivity index (χ0n) is 18.7. The Kier molecular flexibility index (Phi) is 6.59. The van der Waals surface area contributed by atoms with E-state index in [1.807, 2.05) is 30.3 Å². The first-order valence-corrected chi connectivity index (χ1v) is 12.0. The second-order valence-electron chi connectivity index (χ2n) is 8.24. The second kappa shape index (κ2) is 9.27. The molecule has 2 aromatic heterocycles. The summed E-state index contributed by atoms with van der Waals surface area (Å²) in [5.41, 5.74) is 2.45. The molecule has 0 radical (unpaired) electrons. The molecule has 3 heterocycles. The predicted octanol–water partition coefficient (Wildman–Crippen LogP) is 1.46. The van der Waals surface area contributed by atoms with E-state index in [0.29, 0.717) is 22.6 Å². The van der Waals surface area contributed by atoms with Crippen LogP contribution >= 0.6 is 0 Å². The third-order valence-electron chi connectivity index (χ3n) is 5.42. The summed E-state index contributed by atoms with van der Waals surface area (Å²) in [4.78, 5) is 13.4. The predicted molar refractivity (Wildman–Crippen MR) is 123 cm³/mol. The zero-order valence-corrected chi connectivity index (χ0v) is 19.5. The number of fused-ring (bicyclic) bond motifs is 1. The minimum Gasteiger partial charge on any atom is -0.473 e. The summed E-state index contributed by atoms with van der Waals surface area (Å²) in [6.45, 7) is 4.29. The number of benzene rings is 1. The Hall–Kier alpha value is -2.70. The first kappa shape index (κ1) is 23.5. The van der Waals surface area contributed by atoms with E-state index in [1.165, 1.54) is 11.4 Å². The molecule has 0 saturated carbocycles. The Labute approximate surface area is 192 Å². The van der Waals surface area contributed by atoms with Crippen LogP contribution in [0, 0.1) is 0 Å². The summed E-state index contributed by atoms with van der Waals surface area (Å²) >= 11 is 0. The van der Waals surface area contributed by atoms with Crippen LogP contribution in [0.3, 0.4) is 0 Å². The summed E-state index contributed by atoms with van der Waals surface area (Å²) in [5.74, 6) is 0.291. The fourth-order valence-electron chi connectivity index (χ4n) is 3.55. The topological polar surface area (TPSA) is 127 Å². The molecule has 4 rings (SSSR count). The number of ether oxygens (including phenoxy) is 2. The van der Waals surface area contributed by atoms with Crippen molar-refractivity contribution in [3.8, 4) is 17.1 Å². The van der Waals surface area contributed by atoms with Crippen molar-refractivity contribution in [2.75, 3.05) is 33.4 Å². The maximum Gasteiger partial charge on any atom is 0.279 e. The lowest BCUT2D eigenvalue weighted by Crippen LogP contribution is -2.50. The van der Waals surface area contributed by atoms with E-state index in [9.17, 15) is 13.5 Å². The van der Waals surface area contributed by atoms with Crippen LogP contribution in [0.15, 0.2) is 42.7 Å². The number of pyridine rings is 1. The molecule has 1 saturated heterocycles. The Morgan fingerprint density at radius 1 is 1.24 bits per heavy atom. The molecule has 0 unspecified atom stereocenters. The average molecular weight is 474 g/mol. The fraction of sp³-hybridized carbons (Fsp3) is 0.409. The van der Waals surface area contributed by atoms with E-state index in [4.69, 9.17) is 9.47 Å². The zero-order chi connectivity index (χ0) is 23.6. The monoisotopic (exact) mass is 473 g/mol. The number of rotatable bonds is 7. The molecule has 0 amide bonds. The largest absolute Gasteiger partial charge is 0.473 e. The van der Waals surface area contributed by atoms with Gasteiger partial charge in [-0.15, -0.1) is 0 Å². The van der Waals surface area contributed by atoms with Gasteiger partial charge < -0.3 is 14.6 Å². The molecule has 10 nitrogen and oxygen atoms in total. The highest BCUT2D eigenvalue weighted by atomic mass is 32.2. The van der Waals surface area contributed by atoms with E-state index in [0.717, 1.165) is 11.1 Å². The van der Waals surface area contributed by atoms with Gasteiger partial charge in [0.05, 0.1) is 23.4 Å².